The molecule has 0 radical (unpaired) electrons. The van der Waals surface area contributed by atoms with Crippen molar-refractivity contribution in [1.82, 2.24) is 10.2 Å². The minimum absolute atomic E-state index is 0.0466. The predicted octanol–water partition coefficient (Wildman–Crippen LogP) is 4.44. The van der Waals surface area contributed by atoms with Crippen molar-refractivity contribution < 1.29 is 18.0 Å². The van der Waals surface area contributed by atoms with E-state index < -0.39 is 28.5 Å². The second-order valence-corrected chi connectivity index (χ2v) is 11.3. The lowest BCUT2D eigenvalue weighted by Gasteiger charge is -2.33. The molecule has 0 aromatic heterocycles. The Bertz CT molecular complexity index is 1150. The molecule has 7 nitrogen and oxygen atoms in total. The highest BCUT2D eigenvalue weighted by atomic mass is 35.5. The molecule has 0 spiro atoms. The third kappa shape index (κ3) is 7.97. The Labute approximate surface area is 214 Å². The largest absolute Gasteiger partial charge is 0.352 e. The van der Waals surface area contributed by atoms with Crippen molar-refractivity contribution in [2.75, 3.05) is 17.1 Å². The average Bonchev–Trinajstić information content (AvgIpc) is 2.78. The van der Waals surface area contributed by atoms with Gasteiger partial charge in [0.2, 0.25) is 21.8 Å². The van der Waals surface area contributed by atoms with Gasteiger partial charge in [-0.25, -0.2) is 8.42 Å². The second-order valence-electron chi connectivity index (χ2n) is 8.96. The van der Waals surface area contributed by atoms with Crippen molar-refractivity contribution in [3.05, 3.63) is 64.2 Å². The van der Waals surface area contributed by atoms with Gasteiger partial charge in [-0.15, -0.1) is 0 Å². The van der Waals surface area contributed by atoms with E-state index in [9.17, 15) is 18.0 Å². The molecule has 0 fully saturated rings. The molecule has 2 rings (SSSR count). The van der Waals surface area contributed by atoms with Gasteiger partial charge in [-0.1, -0.05) is 61.3 Å². The van der Waals surface area contributed by atoms with Crippen LogP contribution in [0.25, 0.3) is 0 Å². The van der Waals surface area contributed by atoms with Crippen LogP contribution >= 0.6 is 11.6 Å². The first kappa shape index (κ1) is 28.7. The highest BCUT2D eigenvalue weighted by molar-refractivity contribution is 7.92. The Morgan fingerprint density at radius 3 is 2.29 bits per heavy atom. The van der Waals surface area contributed by atoms with Gasteiger partial charge in [0.15, 0.2) is 0 Å². The molecule has 2 atom stereocenters. The van der Waals surface area contributed by atoms with E-state index in [1.54, 1.807) is 12.1 Å². The van der Waals surface area contributed by atoms with E-state index in [0.29, 0.717) is 17.1 Å². The number of rotatable bonds is 11. The number of sulfonamides is 1. The maximum Gasteiger partial charge on any atom is 0.244 e. The normalized spacial score (nSPS) is 13.1. The molecule has 9 heteroatoms. The summed E-state index contributed by atoms with van der Waals surface area (Å²) in [7, 11) is -3.80. The van der Waals surface area contributed by atoms with Crippen LogP contribution in [0.4, 0.5) is 5.69 Å². The van der Waals surface area contributed by atoms with Gasteiger partial charge in [0.25, 0.3) is 0 Å². The molecule has 35 heavy (non-hydrogen) atoms. The van der Waals surface area contributed by atoms with Crippen molar-refractivity contribution in [2.45, 2.75) is 66.1 Å². The molecular formula is C26H36ClN3O4S. The van der Waals surface area contributed by atoms with Crippen LogP contribution in [0.2, 0.25) is 5.02 Å². The van der Waals surface area contributed by atoms with Crippen molar-refractivity contribution in [3.8, 4) is 0 Å². The molecule has 0 saturated carbocycles. The Morgan fingerprint density at radius 1 is 1.06 bits per heavy atom. The van der Waals surface area contributed by atoms with Gasteiger partial charge in [0.05, 0.1) is 11.9 Å². The topological polar surface area (TPSA) is 86.8 Å². The van der Waals surface area contributed by atoms with Gasteiger partial charge in [-0.3, -0.25) is 13.9 Å². The fourth-order valence-electron chi connectivity index (χ4n) is 3.72. The number of amides is 2. The number of nitrogens with zero attached hydrogens (tertiary/aromatic N) is 2. The Hall–Kier alpha value is -2.58. The third-order valence-corrected chi connectivity index (χ3v) is 7.49. The summed E-state index contributed by atoms with van der Waals surface area (Å²) in [6.07, 6.45) is 2.19. The minimum atomic E-state index is -3.80. The average molecular weight is 522 g/mol. The summed E-state index contributed by atoms with van der Waals surface area (Å²) < 4.78 is 26.4. The molecule has 0 aliphatic carbocycles. The summed E-state index contributed by atoms with van der Waals surface area (Å²) >= 11 is 6.24. The van der Waals surface area contributed by atoms with Crippen LogP contribution in [0.3, 0.4) is 0 Å². The third-order valence-electron chi connectivity index (χ3n) is 5.94. The van der Waals surface area contributed by atoms with Crippen molar-refractivity contribution >= 4 is 39.1 Å². The van der Waals surface area contributed by atoms with Crippen LogP contribution in [0.5, 0.6) is 0 Å². The molecule has 2 aromatic carbocycles. The van der Waals surface area contributed by atoms with Gasteiger partial charge in [0, 0.05) is 17.6 Å². The molecule has 192 valence electrons. The van der Waals surface area contributed by atoms with Gasteiger partial charge in [0.1, 0.15) is 12.6 Å². The molecule has 0 aliphatic heterocycles. The van der Waals surface area contributed by atoms with E-state index in [2.05, 4.69) is 5.32 Å². The lowest BCUT2D eigenvalue weighted by atomic mass is 10.1. The Kier molecular flexibility index (Phi) is 10.2. The van der Waals surface area contributed by atoms with E-state index in [4.69, 9.17) is 11.6 Å². The van der Waals surface area contributed by atoms with Gasteiger partial charge in [-0.05, 0) is 56.9 Å². The standard InChI is InChI=1S/C26H36ClN3O4S/c1-7-20(5)28-26(32)24(8-2)29(16-21-11-9-10-18(3)14-21)25(31)17-30(35(6,33)34)22-13-12-19(4)23(27)15-22/h9-15,20,24H,7-8,16-17H2,1-6H3,(H,28,32)/t20-,24+/m0/s1. The van der Waals surface area contributed by atoms with Gasteiger partial charge < -0.3 is 10.2 Å². The number of benzene rings is 2. The van der Waals surface area contributed by atoms with Crippen molar-refractivity contribution in [1.29, 1.82) is 0 Å². The summed E-state index contributed by atoms with van der Waals surface area (Å²) in [5, 5.41) is 3.36. The first-order valence-corrected chi connectivity index (χ1v) is 14.0. The first-order chi connectivity index (χ1) is 16.4. The zero-order valence-electron chi connectivity index (χ0n) is 21.3. The van der Waals surface area contributed by atoms with E-state index in [-0.39, 0.29) is 18.5 Å². The fourth-order valence-corrected chi connectivity index (χ4v) is 4.73. The molecule has 0 bridgehead atoms. The monoisotopic (exact) mass is 521 g/mol. The number of carbonyl (C=O) groups is 2. The number of nitrogens with one attached hydrogen (secondary N) is 1. The SMILES string of the molecule is CC[C@H](C(=O)N[C@@H](C)CC)N(Cc1cccc(C)c1)C(=O)CN(c1ccc(C)c(Cl)c1)S(C)(=O)=O. The number of hydrogen-bond acceptors (Lipinski definition) is 4. The van der Waals surface area contributed by atoms with Crippen LogP contribution in [-0.4, -0.2) is 50.0 Å². The molecule has 0 heterocycles. The molecule has 0 saturated heterocycles. The van der Waals surface area contributed by atoms with Crippen LogP contribution in [-0.2, 0) is 26.2 Å². The molecule has 2 amide bonds. The zero-order valence-corrected chi connectivity index (χ0v) is 22.9. The summed E-state index contributed by atoms with van der Waals surface area (Å²) in [5.74, 6) is -0.730. The van der Waals surface area contributed by atoms with Gasteiger partial charge >= 0.3 is 0 Å². The zero-order chi connectivity index (χ0) is 26.3. The lowest BCUT2D eigenvalue weighted by Crippen LogP contribution is -2.53. The van der Waals surface area contributed by atoms with E-state index in [1.165, 1.54) is 11.0 Å². The summed E-state index contributed by atoms with van der Waals surface area (Å²) in [6.45, 7) is 9.21. The first-order valence-electron chi connectivity index (χ1n) is 11.8. The smallest absolute Gasteiger partial charge is 0.244 e. The maximum absolute atomic E-state index is 13.7. The summed E-state index contributed by atoms with van der Waals surface area (Å²) in [5.41, 5.74) is 2.98. The van der Waals surface area contributed by atoms with E-state index in [0.717, 1.165) is 33.7 Å². The van der Waals surface area contributed by atoms with Crippen LogP contribution in [0.1, 0.15) is 50.3 Å². The molecule has 0 aliphatic rings. The molecular weight excluding hydrogens is 486 g/mol. The summed E-state index contributed by atoms with van der Waals surface area (Å²) in [6, 6.07) is 11.7. The Balaban J connectivity index is 2.46. The number of hydrogen-bond donors (Lipinski definition) is 1. The lowest BCUT2D eigenvalue weighted by molar-refractivity contribution is -0.140. The van der Waals surface area contributed by atoms with Crippen molar-refractivity contribution in [3.63, 3.8) is 0 Å². The van der Waals surface area contributed by atoms with Crippen LogP contribution < -0.4 is 9.62 Å². The van der Waals surface area contributed by atoms with Crippen LogP contribution in [0.15, 0.2) is 42.5 Å². The highest BCUT2D eigenvalue weighted by Gasteiger charge is 2.32. The summed E-state index contributed by atoms with van der Waals surface area (Å²) in [4.78, 5) is 28.3. The maximum atomic E-state index is 13.7. The van der Waals surface area contributed by atoms with Gasteiger partial charge in [-0.2, -0.15) is 0 Å². The molecule has 0 unspecified atom stereocenters. The minimum Gasteiger partial charge on any atom is -0.352 e. The predicted molar refractivity (Wildman–Crippen MR) is 142 cm³/mol. The van der Waals surface area contributed by atoms with E-state index in [1.807, 2.05) is 58.9 Å². The van der Waals surface area contributed by atoms with Crippen LogP contribution in [0, 0.1) is 13.8 Å². The second kappa shape index (κ2) is 12.4. The van der Waals surface area contributed by atoms with E-state index >= 15 is 0 Å². The molecule has 1 N–H and O–H groups in total. The number of anilines is 1. The fraction of sp³-hybridized carbons (Fsp3) is 0.462. The Morgan fingerprint density at radius 2 is 1.74 bits per heavy atom. The van der Waals surface area contributed by atoms with Crippen molar-refractivity contribution in [2.24, 2.45) is 0 Å². The number of carbonyl (C=O) groups excluding carboxylic acids is 2. The molecule has 2 aromatic rings. The highest BCUT2D eigenvalue weighted by Crippen LogP contribution is 2.25. The number of halogens is 1. The quantitative estimate of drug-likeness (QED) is 0.473. The number of aryl methyl sites for hydroxylation is 2.